The number of ketones is 1. The average molecular weight is 280 g/mol. The van der Waals surface area contributed by atoms with E-state index in [2.05, 4.69) is 0 Å². The number of hydrogen-bond donors (Lipinski definition) is 0. The lowest BCUT2D eigenvalue weighted by Crippen LogP contribution is -2.17. The van der Waals surface area contributed by atoms with Crippen LogP contribution in [0.5, 0.6) is 5.75 Å². The third-order valence-electron chi connectivity index (χ3n) is 3.39. The Labute approximate surface area is 118 Å². The number of thioether (sulfide) groups is 1. The standard InChI is InChI=1S/C15H20O3S/c1-11(16)13-3-4-15(14(9-13)17-2)19-10-12-5-7-18-8-6-12/h3-4,9,12H,5-8,10H2,1-2H3. The van der Waals surface area contributed by atoms with Crippen molar-refractivity contribution in [3.8, 4) is 5.75 Å². The van der Waals surface area contributed by atoms with Crippen molar-refractivity contribution >= 4 is 17.5 Å². The number of hydrogen-bond acceptors (Lipinski definition) is 4. The molecular weight excluding hydrogens is 260 g/mol. The van der Waals surface area contributed by atoms with Crippen molar-refractivity contribution in [2.45, 2.75) is 24.7 Å². The van der Waals surface area contributed by atoms with Gasteiger partial charge < -0.3 is 9.47 Å². The molecule has 1 heterocycles. The predicted octanol–water partition coefficient (Wildman–Crippen LogP) is 3.42. The highest BCUT2D eigenvalue weighted by molar-refractivity contribution is 7.99. The van der Waals surface area contributed by atoms with Crippen LogP contribution in [0.15, 0.2) is 23.1 Å². The van der Waals surface area contributed by atoms with Crippen LogP contribution in [0, 0.1) is 5.92 Å². The smallest absolute Gasteiger partial charge is 0.159 e. The SMILES string of the molecule is COc1cc(C(C)=O)ccc1SCC1CCOCC1. The Balaban J connectivity index is 2.00. The number of methoxy groups -OCH3 is 1. The minimum Gasteiger partial charge on any atom is -0.496 e. The topological polar surface area (TPSA) is 35.5 Å². The monoisotopic (exact) mass is 280 g/mol. The van der Waals surface area contributed by atoms with Gasteiger partial charge in [0.25, 0.3) is 0 Å². The van der Waals surface area contributed by atoms with Gasteiger partial charge in [-0.15, -0.1) is 11.8 Å². The fraction of sp³-hybridized carbons (Fsp3) is 0.533. The maximum atomic E-state index is 11.4. The van der Waals surface area contributed by atoms with E-state index >= 15 is 0 Å². The summed E-state index contributed by atoms with van der Waals surface area (Å²) in [6.07, 6.45) is 2.28. The highest BCUT2D eigenvalue weighted by atomic mass is 32.2. The highest BCUT2D eigenvalue weighted by Gasteiger charge is 2.15. The molecule has 0 bridgehead atoms. The second kappa shape index (κ2) is 6.96. The van der Waals surface area contributed by atoms with E-state index in [1.807, 2.05) is 18.2 Å². The summed E-state index contributed by atoms with van der Waals surface area (Å²) < 4.78 is 10.7. The zero-order valence-electron chi connectivity index (χ0n) is 11.5. The van der Waals surface area contributed by atoms with Gasteiger partial charge in [0, 0.05) is 29.4 Å². The highest BCUT2D eigenvalue weighted by Crippen LogP contribution is 2.33. The summed E-state index contributed by atoms with van der Waals surface area (Å²) >= 11 is 1.81. The number of carbonyl (C=O) groups is 1. The average Bonchev–Trinajstić information content (AvgIpc) is 2.45. The van der Waals surface area contributed by atoms with E-state index in [4.69, 9.17) is 9.47 Å². The van der Waals surface area contributed by atoms with Crippen molar-refractivity contribution in [1.29, 1.82) is 0 Å². The molecule has 1 aromatic rings. The molecule has 0 spiro atoms. The molecule has 0 aromatic heterocycles. The van der Waals surface area contributed by atoms with Gasteiger partial charge in [-0.05, 0) is 37.8 Å². The van der Waals surface area contributed by atoms with Gasteiger partial charge in [0.15, 0.2) is 5.78 Å². The van der Waals surface area contributed by atoms with Gasteiger partial charge in [0.05, 0.1) is 7.11 Å². The van der Waals surface area contributed by atoms with E-state index in [1.165, 1.54) is 0 Å². The van der Waals surface area contributed by atoms with Crippen LogP contribution in [0.1, 0.15) is 30.1 Å². The molecule has 0 saturated carbocycles. The number of carbonyl (C=O) groups excluding carboxylic acids is 1. The van der Waals surface area contributed by atoms with Gasteiger partial charge in [-0.2, -0.15) is 0 Å². The lowest BCUT2D eigenvalue weighted by Gasteiger charge is -2.21. The fourth-order valence-corrected chi connectivity index (χ4v) is 3.32. The summed E-state index contributed by atoms with van der Waals surface area (Å²) in [5, 5.41) is 0. The maximum absolute atomic E-state index is 11.4. The molecule has 1 aliphatic heterocycles. The number of Topliss-reactive ketones (excluding diaryl/α,β-unsaturated/α-hetero) is 1. The molecule has 3 nitrogen and oxygen atoms in total. The minimum atomic E-state index is 0.0688. The lowest BCUT2D eigenvalue weighted by atomic mass is 10.0. The Morgan fingerprint density at radius 2 is 2.16 bits per heavy atom. The molecule has 0 amide bonds. The summed E-state index contributed by atoms with van der Waals surface area (Å²) in [7, 11) is 1.65. The van der Waals surface area contributed by atoms with Crippen LogP contribution >= 0.6 is 11.8 Å². The van der Waals surface area contributed by atoms with E-state index in [1.54, 1.807) is 25.8 Å². The molecule has 0 aliphatic carbocycles. The quantitative estimate of drug-likeness (QED) is 0.611. The first-order valence-electron chi connectivity index (χ1n) is 6.60. The van der Waals surface area contributed by atoms with E-state index in [0.717, 1.165) is 48.4 Å². The molecule has 0 N–H and O–H groups in total. The lowest BCUT2D eigenvalue weighted by molar-refractivity contribution is 0.0728. The van der Waals surface area contributed by atoms with Gasteiger partial charge >= 0.3 is 0 Å². The first-order valence-corrected chi connectivity index (χ1v) is 7.59. The van der Waals surface area contributed by atoms with E-state index in [-0.39, 0.29) is 5.78 Å². The summed E-state index contributed by atoms with van der Waals surface area (Å²) in [5.74, 6) is 2.67. The van der Waals surface area contributed by atoms with Crippen molar-refractivity contribution < 1.29 is 14.3 Å². The first kappa shape index (κ1) is 14.4. The van der Waals surface area contributed by atoms with Gasteiger partial charge in [-0.1, -0.05) is 6.07 Å². The zero-order valence-corrected chi connectivity index (χ0v) is 12.3. The van der Waals surface area contributed by atoms with Crippen LogP contribution in [0.3, 0.4) is 0 Å². The molecule has 1 aromatic carbocycles. The molecule has 4 heteroatoms. The predicted molar refractivity (Wildman–Crippen MR) is 77.3 cm³/mol. The second-order valence-corrected chi connectivity index (χ2v) is 5.85. The van der Waals surface area contributed by atoms with Gasteiger partial charge in [-0.25, -0.2) is 0 Å². The van der Waals surface area contributed by atoms with Crippen LogP contribution in [0.25, 0.3) is 0 Å². The molecule has 1 saturated heterocycles. The molecule has 104 valence electrons. The largest absolute Gasteiger partial charge is 0.496 e. The molecule has 1 fully saturated rings. The van der Waals surface area contributed by atoms with Crippen molar-refractivity contribution in [2.75, 3.05) is 26.1 Å². The van der Waals surface area contributed by atoms with E-state index in [9.17, 15) is 4.79 Å². The summed E-state index contributed by atoms with van der Waals surface area (Å²) in [6, 6.07) is 5.69. The third-order valence-corrected chi connectivity index (χ3v) is 4.67. The molecule has 1 aliphatic rings. The van der Waals surface area contributed by atoms with Gasteiger partial charge in [-0.3, -0.25) is 4.79 Å². The van der Waals surface area contributed by atoms with Crippen LogP contribution in [-0.4, -0.2) is 31.9 Å². The number of benzene rings is 1. The molecule has 0 atom stereocenters. The van der Waals surface area contributed by atoms with Crippen molar-refractivity contribution in [1.82, 2.24) is 0 Å². The van der Waals surface area contributed by atoms with Gasteiger partial charge in [0.2, 0.25) is 0 Å². The first-order chi connectivity index (χ1) is 9.20. The van der Waals surface area contributed by atoms with Gasteiger partial charge in [0.1, 0.15) is 5.75 Å². The van der Waals surface area contributed by atoms with Crippen molar-refractivity contribution in [3.63, 3.8) is 0 Å². The fourth-order valence-electron chi connectivity index (χ4n) is 2.13. The minimum absolute atomic E-state index is 0.0688. The number of ether oxygens (including phenoxy) is 2. The maximum Gasteiger partial charge on any atom is 0.159 e. The summed E-state index contributed by atoms with van der Waals surface area (Å²) in [6.45, 7) is 3.33. The normalized spacial score (nSPS) is 16.3. The third kappa shape index (κ3) is 3.98. The van der Waals surface area contributed by atoms with Crippen LogP contribution < -0.4 is 4.74 Å². The Morgan fingerprint density at radius 1 is 1.42 bits per heavy atom. The Kier molecular flexibility index (Phi) is 5.28. The number of rotatable bonds is 5. The van der Waals surface area contributed by atoms with Crippen LogP contribution in [0.4, 0.5) is 0 Å². The zero-order chi connectivity index (χ0) is 13.7. The Morgan fingerprint density at radius 3 is 2.79 bits per heavy atom. The van der Waals surface area contributed by atoms with Crippen LogP contribution in [-0.2, 0) is 4.74 Å². The Bertz CT molecular complexity index is 439. The molecular formula is C15H20O3S. The van der Waals surface area contributed by atoms with Crippen LogP contribution in [0.2, 0.25) is 0 Å². The molecule has 19 heavy (non-hydrogen) atoms. The molecule has 0 radical (unpaired) electrons. The Hall–Kier alpha value is -1.00. The second-order valence-electron chi connectivity index (χ2n) is 4.79. The van der Waals surface area contributed by atoms with Crippen molar-refractivity contribution in [3.05, 3.63) is 23.8 Å². The molecule has 0 unspecified atom stereocenters. The summed E-state index contributed by atoms with van der Waals surface area (Å²) in [5.41, 5.74) is 0.701. The van der Waals surface area contributed by atoms with Crippen molar-refractivity contribution in [2.24, 2.45) is 5.92 Å². The van der Waals surface area contributed by atoms with E-state index in [0.29, 0.717) is 5.56 Å². The van der Waals surface area contributed by atoms with E-state index < -0.39 is 0 Å². The summed E-state index contributed by atoms with van der Waals surface area (Å²) in [4.78, 5) is 12.5. The molecule has 2 rings (SSSR count).